The smallest absolute Gasteiger partial charge is 0.104 e. The molecular formula is C12H22OS2. The first kappa shape index (κ1) is 15.1. The number of rotatable bonds is 10. The van der Waals surface area contributed by atoms with Gasteiger partial charge in [-0.05, 0) is 12.8 Å². The van der Waals surface area contributed by atoms with Crippen LogP contribution >= 0.6 is 23.5 Å². The second-order valence-corrected chi connectivity index (χ2v) is 5.44. The van der Waals surface area contributed by atoms with Crippen molar-refractivity contribution in [3.63, 3.8) is 0 Å². The zero-order valence-corrected chi connectivity index (χ0v) is 11.4. The first-order valence-corrected chi connectivity index (χ1v) is 7.48. The first-order chi connectivity index (χ1) is 7.28. The maximum absolute atomic E-state index is 5.98. The number of hydrogen-bond acceptors (Lipinski definition) is 3. The van der Waals surface area contributed by atoms with E-state index in [-0.39, 0.29) is 0 Å². The van der Waals surface area contributed by atoms with E-state index in [1.807, 2.05) is 35.7 Å². The quantitative estimate of drug-likeness (QED) is 0.420. The highest BCUT2D eigenvalue weighted by Crippen LogP contribution is 2.24. The summed E-state index contributed by atoms with van der Waals surface area (Å²) in [5, 5.41) is 0. The highest BCUT2D eigenvalue weighted by atomic mass is 32.2. The second kappa shape index (κ2) is 10.7. The van der Waals surface area contributed by atoms with Crippen molar-refractivity contribution in [3.05, 3.63) is 25.3 Å². The van der Waals surface area contributed by atoms with Crippen molar-refractivity contribution in [1.29, 1.82) is 0 Å². The summed E-state index contributed by atoms with van der Waals surface area (Å²) in [7, 11) is 0. The van der Waals surface area contributed by atoms with Crippen LogP contribution in [0.4, 0.5) is 0 Å². The molecule has 2 atom stereocenters. The molecule has 3 heteroatoms. The van der Waals surface area contributed by atoms with Crippen molar-refractivity contribution in [2.75, 3.05) is 11.5 Å². The van der Waals surface area contributed by atoms with E-state index in [2.05, 4.69) is 27.0 Å². The van der Waals surface area contributed by atoms with Crippen LogP contribution in [0, 0.1) is 0 Å². The van der Waals surface area contributed by atoms with Gasteiger partial charge >= 0.3 is 0 Å². The Hall–Kier alpha value is 0.140. The van der Waals surface area contributed by atoms with Gasteiger partial charge in [0.15, 0.2) is 0 Å². The van der Waals surface area contributed by atoms with Crippen LogP contribution in [0.25, 0.3) is 0 Å². The summed E-state index contributed by atoms with van der Waals surface area (Å²) < 4.78 is 5.98. The Bertz CT molecular complexity index is 153. The Morgan fingerprint density at radius 2 is 1.40 bits per heavy atom. The highest BCUT2D eigenvalue weighted by Gasteiger charge is 2.13. The van der Waals surface area contributed by atoms with Gasteiger partial charge in [-0.15, -0.1) is 36.7 Å². The standard InChI is InChI=1S/C12H22OS2/c1-5-9-14-11(7-3)13-12(8-4)15-10-6-2/h5-6,11-12H,1-2,7-10H2,3-4H3. The van der Waals surface area contributed by atoms with Gasteiger partial charge in [-0.25, -0.2) is 0 Å². The maximum Gasteiger partial charge on any atom is 0.104 e. The topological polar surface area (TPSA) is 9.23 Å². The zero-order valence-electron chi connectivity index (χ0n) is 9.78. The molecular weight excluding hydrogens is 224 g/mol. The average Bonchev–Trinajstić information content (AvgIpc) is 2.28. The summed E-state index contributed by atoms with van der Waals surface area (Å²) in [6, 6.07) is 0. The van der Waals surface area contributed by atoms with Gasteiger partial charge in [0.1, 0.15) is 10.9 Å². The lowest BCUT2D eigenvalue weighted by Gasteiger charge is -2.21. The van der Waals surface area contributed by atoms with Crippen molar-refractivity contribution in [2.24, 2.45) is 0 Å². The van der Waals surface area contributed by atoms with E-state index in [1.54, 1.807) is 0 Å². The van der Waals surface area contributed by atoms with E-state index >= 15 is 0 Å². The molecule has 0 aromatic carbocycles. The molecule has 0 spiro atoms. The van der Waals surface area contributed by atoms with Crippen LogP contribution in [0.1, 0.15) is 26.7 Å². The molecule has 0 aromatic heterocycles. The molecule has 0 aliphatic carbocycles. The van der Waals surface area contributed by atoms with Gasteiger partial charge in [0, 0.05) is 11.5 Å². The lowest BCUT2D eigenvalue weighted by Crippen LogP contribution is -2.16. The van der Waals surface area contributed by atoms with Gasteiger partial charge in [0.05, 0.1) is 0 Å². The molecule has 0 fully saturated rings. The predicted molar refractivity (Wildman–Crippen MR) is 74.6 cm³/mol. The van der Waals surface area contributed by atoms with E-state index in [9.17, 15) is 0 Å². The molecule has 88 valence electrons. The molecule has 0 bridgehead atoms. The fourth-order valence-electron chi connectivity index (χ4n) is 1.03. The Labute approximate surface area is 103 Å². The maximum atomic E-state index is 5.98. The summed E-state index contributed by atoms with van der Waals surface area (Å²) in [6.45, 7) is 11.8. The molecule has 0 saturated heterocycles. The minimum Gasteiger partial charge on any atom is -0.354 e. The van der Waals surface area contributed by atoms with E-state index in [4.69, 9.17) is 4.74 Å². The summed E-state index contributed by atoms with van der Waals surface area (Å²) in [5.41, 5.74) is 0.593. The number of hydrogen-bond donors (Lipinski definition) is 0. The fourth-order valence-corrected chi connectivity index (χ4v) is 2.70. The van der Waals surface area contributed by atoms with Crippen LogP contribution in [0.15, 0.2) is 25.3 Å². The summed E-state index contributed by atoms with van der Waals surface area (Å²) in [5.74, 6) is 1.92. The monoisotopic (exact) mass is 246 g/mol. The molecule has 0 amide bonds. The predicted octanol–water partition coefficient (Wildman–Crippen LogP) is 4.31. The highest BCUT2D eigenvalue weighted by molar-refractivity contribution is 8.00. The molecule has 0 N–H and O–H groups in total. The Balaban J connectivity index is 3.87. The first-order valence-electron chi connectivity index (χ1n) is 5.38. The third-order valence-electron chi connectivity index (χ3n) is 1.77. The molecule has 0 radical (unpaired) electrons. The Morgan fingerprint density at radius 3 is 1.67 bits per heavy atom. The lowest BCUT2D eigenvalue weighted by molar-refractivity contribution is 0.0875. The molecule has 2 unspecified atom stereocenters. The summed E-state index contributed by atoms with van der Waals surface area (Å²) in [4.78, 5) is 0. The molecule has 0 rings (SSSR count). The number of ether oxygens (including phenoxy) is 1. The molecule has 0 aromatic rings. The van der Waals surface area contributed by atoms with Crippen molar-refractivity contribution in [1.82, 2.24) is 0 Å². The minimum absolute atomic E-state index is 0.297. The zero-order chi connectivity index (χ0) is 11.5. The molecule has 1 nitrogen and oxygen atoms in total. The molecule has 0 aliphatic rings. The lowest BCUT2D eigenvalue weighted by atomic mass is 10.5. The van der Waals surface area contributed by atoms with Crippen molar-refractivity contribution in [2.45, 2.75) is 37.6 Å². The largest absolute Gasteiger partial charge is 0.354 e. The van der Waals surface area contributed by atoms with Gasteiger partial charge in [0.2, 0.25) is 0 Å². The van der Waals surface area contributed by atoms with Crippen LogP contribution in [0.5, 0.6) is 0 Å². The van der Waals surface area contributed by atoms with E-state index < -0.39 is 0 Å². The summed E-state index contributed by atoms with van der Waals surface area (Å²) >= 11 is 3.64. The molecule has 15 heavy (non-hydrogen) atoms. The van der Waals surface area contributed by atoms with Gasteiger partial charge < -0.3 is 4.74 Å². The van der Waals surface area contributed by atoms with Gasteiger partial charge in [0.25, 0.3) is 0 Å². The van der Waals surface area contributed by atoms with Crippen LogP contribution in [-0.4, -0.2) is 22.4 Å². The van der Waals surface area contributed by atoms with E-state index in [0.29, 0.717) is 10.9 Å². The minimum atomic E-state index is 0.297. The molecule has 0 heterocycles. The van der Waals surface area contributed by atoms with Gasteiger partial charge in [-0.2, -0.15) is 0 Å². The Kier molecular flexibility index (Phi) is 10.8. The van der Waals surface area contributed by atoms with Crippen LogP contribution in [0.2, 0.25) is 0 Å². The van der Waals surface area contributed by atoms with Gasteiger partial charge in [-0.3, -0.25) is 0 Å². The van der Waals surface area contributed by atoms with Crippen LogP contribution in [-0.2, 0) is 4.74 Å². The van der Waals surface area contributed by atoms with Gasteiger partial charge in [-0.1, -0.05) is 26.0 Å². The average molecular weight is 246 g/mol. The normalized spacial score (nSPS) is 14.5. The molecule has 0 aliphatic heterocycles. The van der Waals surface area contributed by atoms with E-state index in [0.717, 1.165) is 24.3 Å². The SMILES string of the molecule is C=CCSC(CC)OC(CC)SCC=C. The third kappa shape index (κ3) is 8.00. The Morgan fingerprint density at radius 1 is 1.00 bits per heavy atom. The van der Waals surface area contributed by atoms with E-state index in [1.165, 1.54) is 0 Å². The number of thioether (sulfide) groups is 2. The molecule has 0 saturated carbocycles. The third-order valence-corrected chi connectivity index (χ3v) is 4.26. The fraction of sp³-hybridized carbons (Fsp3) is 0.667. The second-order valence-electron chi connectivity index (χ2n) is 3.06. The summed E-state index contributed by atoms with van der Waals surface area (Å²) in [6.07, 6.45) is 5.94. The van der Waals surface area contributed by atoms with Crippen LogP contribution in [0.3, 0.4) is 0 Å². The van der Waals surface area contributed by atoms with Crippen LogP contribution < -0.4 is 0 Å². The van der Waals surface area contributed by atoms with Crippen molar-refractivity contribution >= 4 is 23.5 Å². The van der Waals surface area contributed by atoms with Crippen molar-refractivity contribution < 1.29 is 4.74 Å². The van der Waals surface area contributed by atoms with Crippen molar-refractivity contribution in [3.8, 4) is 0 Å².